The molecule has 1 fully saturated rings. The number of amides is 1. The van der Waals surface area contributed by atoms with Gasteiger partial charge in [0.15, 0.2) is 0 Å². The molecule has 15 heavy (non-hydrogen) atoms. The van der Waals surface area contributed by atoms with Gasteiger partial charge in [0.2, 0.25) is 0 Å². The van der Waals surface area contributed by atoms with Crippen LogP contribution in [0.1, 0.15) is 32.6 Å². The summed E-state index contributed by atoms with van der Waals surface area (Å²) in [6.07, 6.45) is 1.46. The van der Waals surface area contributed by atoms with Crippen molar-refractivity contribution < 1.29 is 15.0 Å². The summed E-state index contributed by atoms with van der Waals surface area (Å²) in [5.74, 6) is 0. The number of likely N-dealkylation sites (tertiary alicyclic amines) is 1. The van der Waals surface area contributed by atoms with E-state index < -0.39 is 12.2 Å². The SMILES string of the molecule is CCC[C@H](N)[C@H](O)[C@H]1CCCN1C(=O)O. The number of hydrogen-bond donors (Lipinski definition) is 3. The topological polar surface area (TPSA) is 86.8 Å². The lowest BCUT2D eigenvalue weighted by molar-refractivity contribution is 0.0502. The number of carbonyl (C=O) groups is 1. The predicted molar refractivity (Wildman–Crippen MR) is 56.6 cm³/mol. The standard InChI is InChI=1S/C10H20N2O3/c1-2-4-7(11)9(13)8-5-3-6-12(8)10(14)15/h7-9,13H,2-6,11H2,1H3,(H,14,15)/t7-,8+,9-/m0/s1. The first-order valence-electron chi connectivity index (χ1n) is 5.51. The molecule has 1 aliphatic rings. The quantitative estimate of drug-likeness (QED) is 0.643. The van der Waals surface area contributed by atoms with Crippen molar-refractivity contribution in [3.05, 3.63) is 0 Å². The molecule has 0 radical (unpaired) electrons. The second kappa shape index (κ2) is 5.32. The van der Waals surface area contributed by atoms with E-state index in [0.717, 1.165) is 19.3 Å². The van der Waals surface area contributed by atoms with Gasteiger partial charge in [0.25, 0.3) is 0 Å². The largest absolute Gasteiger partial charge is 0.465 e. The Kier molecular flexibility index (Phi) is 4.35. The molecule has 4 N–H and O–H groups in total. The van der Waals surface area contributed by atoms with Crippen LogP contribution in [0.2, 0.25) is 0 Å². The zero-order valence-corrected chi connectivity index (χ0v) is 9.09. The first-order valence-corrected chi connectivity index (χ1v) is 5.51. The Morgan fingerprint density at radius 1 is 1.67 bits per heavy atom. The minimum Gasteiger partial charge on any atom is -0.465 e. The summed E-state index contributed by atoms with van der Waals surface area (Å²) in [4.78, 5) is 12.2. The van der Waals surface area contributed by atoms with Gasteiger partial charge in [-0.15, -0.1) is 0 Å². The summed E-state index contributed by atoms with van der Waals surface area (Å²) >= 11 is 0. The van der Waals surface area contributed by atoms with E-state index in [4.69, 9.17) is 10.8 Å². The molecule has 0 aromatic rings. The van der Waals surface area contributed by atoms with Crippen molar-refractivity contribution in [1.82, 2.24) is 4.90 Å². The van der Waals surface area contributed by atoms with Gasteiger partial charge in [-0.25, -0.2) is 4.79 Å². The van der Waals surface area contributed by atoms with Crippen LogP contribution in [0, 0.1) is 0 Å². The van der Waals surface area contributed by atoms with Crippen LogP contribution in [-0.4, -0.2) is 45.9 Å². The predicted octanol–water partition coefficient (Wildman–Crippen LogP) is 0.617. The fourth-order valence-electron chi connectivity index (χ4n) is 2.17. The van der Waals surface area contributed by atoms with Crippen molar-refractivity contribution in [2.24, 2.45) is 5.73 Å². The summed E-state index contributed by atoms with van der Waals surface area (Å²) in [5.41, 5.74) is 5.80. The van der Waals surface area contributed by atoms with Crippen LogP contribution in [0.3, 0.4) is 0 Å². The van der Waals surface area contributed by atoms with Gasteiger partial charge in [0.05, 0.1) is 12.1 Å². The van der Waals surface area contributed by atoms with E-state index in [1.54, 1.807) is 0 Å². The van der Waals surface area contributed by atoms with Crippen molar-refractivity contribution in [2.75, 3.05) is 6.54 Å². The molecule has 1 saturated heterocycles. The van der Waals surface area contributed by atoms with E-state index in [1.807, 2.05) is 6.92 Å². The minimum atomic E-state index is -0.958. The minimum absolute atomic E-state index is 0.316. The number of nitrogens with zero attached hydrogens (tertiary/aromatic N) is 1. The van der Waals surface area contributed by atoms with E-state index in [2.05, 4.69) is 0 Å². The van der Waals surface area contributed by atoms with Crippen LogP contribution in [0.4, 0.5) is 4.79 Å². The molecule has 1 rings (SSSR count). The highest BCUT2D eigenvalue weighted by molar-refractivity contribution is 5.65. The van der Waals surface area contributed by atoms with Gasteiger partial charge in [-0.1, -0.05) is 13.3 Å². The molecule has 5 heteroatoms. The Morgan fingerprint density at radius 2 is 2.33 bits per heavy atom. The second-order valence-corrected chi connectivity index (χ2v) is 4.13. The monoisotopic (exact) mass is 216 g/mol. The lowest BCUT2D eigenvalue weighted by Gasteiger charge is -2.29. The van der Waals surface area contributed by atoms with Crippen LogP contribution in [-0.2, 0) is 0 Å². The van der Waals surface area contributed by atoms with Crippen molar-refractivity contribution in [2.45, 2.75) is 50.8 Å². The molecule has 88 valence electrons. The molecular formula is C10H20N2O3. The van der Waals surface area contributed by atoms with Crippen LogP contribution < -0.4 is 5.73 Å². The first-order chi connectivity index (χ1) is 7.07. The Bertz CT molecular complexity index is 223. The Hall–Kier alpha value is -0.810. The number of aliphatic hydroxyl groups is 1. The van der Waals surface area contributed by atoms with E-state index in [1.165, 1.54) is 4.90 Å². The highest BCUT2D eigenvalue weighted by Gasteiger charge is 2.36. The molecule has 0 saturated carbocycles. The summed E-state index contributed by atoms with van der Waals surface area (Å²) in [5, 5.41) is 18.9. The van der Waals surface area contributed by atoms with Crippen LogP contribution in [0.15, 0.2) is 0 Å². The van der Waals surface area contributed by atoms with Crippen LogP contribution >= 0.6 is 0 Å². The molecule has 0 aromatic heterocycles. The molecule has 1 heterocycles. The molecule has 1 amide bonds. The van der Waals surface area contributed by atoms with Crippen molar-refractivity contribution in [3.63, 3.8) is 0 Å². The third-order valence-corrected chi connectivity index (χ3v) is 3.00. The molecule has 0 aromatic carbocycles. The van der Waals surface area contributed by atoms with Gasteiger partial charge in [-0.3, -0.25) is 0 Å². The average Bonchev–Trinajstić information content (AvgIpc) is 2.65. The smallest absolute Gasteiger partial charge is 0.407 e. The third-order valence-electron chi connectivity index (χ3n) is 3.00. The molecular weight excluding hydrogens is 196 g/mol. The summed E-state index contributed by atoms with van der Waals surface area (Å²) in [6.45, 7) is 2.51. The summed E-state index contributed by atoms with van der Waals surface area (Å²) in [6, 6.07) is -0.635. The van der Waals surface area contributed by atoms with Gasteiger partial charge in [-0.2, -0.15) is 0 Å². The van der Waals surface area contributed by atoms with E-state index in [0.29, 0.717) is 13.0 Å². The molecule has 0 spiro atoms. The molecule has 3 atom stereocenters. The van der Waals surface area contributed by atoms with E-state index in [9.17, 15) is 9.90 Å². The van der Waals surface area contributed by atoms with Gasteiger partial charge in [0, 0.05) is 12.6 Å². The number of carboxylic acid groups (broad SMARTS) is 1. The van der Waals surface area contributed by atoms with E-state index in [-0.39, 0.29) is 12.1 Å². The Labute approximate surface area is 89.9 Å². The summed E-state index contributed by atoms with van der Waals surface area (Å²) in [7, 11) is 0. The second-order valence-electron chi connectivity index (χ2n) is 4.13. The normalized spacial score (nSPS) is 25.3. The zero-order valence-electron chi connectivity index (χ0n) is 9.09. The van der Waals surface area contributed by atoms with Gasteiger partial charge >= 0.3 is 6.09 Å². The molecule has 1 aliphatic heterocycles. The number of nitrogens with two attached hydrogens (primary N) is 1. The lowest BCUT2D eigenvalue weighted by atomic mass is 9.98. The maximum atomic E-state index is 10.9. The zero-order chi connectivity index (χ0) is 11.4. The fraction of sp³-hybridized carbons (Fsp3) is 0.900. The molecule has 0 aliphatic carbocycles. The lowest BCUT2D eigenvalue weighted by Crippen LogP contribution is -2.50. The van der Waals surface area contributed by atoms with E-state index >= 15 is 0 Å². The Balaban J connectivity index is 2.57. The highest BCUT2D eigenvalue weighted by Crippen LogP contribution is 2.22. The van der Waals surface area contributed by atoms with Gasteiger partial charge in [-0.05, 0) is 19.3 Å². The summed E-state index contributed by atoms with van der Waals surface area (Å²) < 4.78 is 0. The van der Waals surface area contributed by atoms with Gasteiger partial charge < -0.3 is 20.8 Å². The maximum absolute atomic E-state index is 10.9. The van der Waals surface area contributed by atoms with Gasteiger partial charge in [0.1, 0.15) is 0 Å². The average molecular weight is 216 g/mol. The van der Waals surface area contributed by atoms with Crippen molar-refractivity contribution >= 4 is 6.09 Å². The maximum Gasteiger partial charge on any atom is 0.407 e. The molecule has 0 unspecified atom stereocenters. The van der Waals surface area contributed by atoms with Crippen LogP contribution in [0.5, 0.6) is 0 Å². The number of hydrogen-bond acceptors (Lipinski definition) is 3. The van der Waals surface area contributed by atoms with Crippen LogP contribution in [0.25, 0.3) is 0 Å². The number of rotatable bonds is 4. The highest BCUT2D eigenvalue weighted by atomic mass is 16.4. The third kappa shape index (κ3) is 2.82. The molecule has 0 bridgehead atoms. The van der Waals surface area contributed by atoms with Crippen molar-refractivity contribution in [3.8, 4) is 0 Å². The number of aliphatic hydroxyl groups excluding tert-OH is 1. The Morgan fingerprint density at radius 3 is 2.87 bits per heavy atom. The van der Waals surface area contributed by atoms with Crippen molar-refractivity contribution in [1.29, 1.82) is 0 Å². The fourth-order valence-corrected chi connectivity index (χ4v) is 2.17. The molecule has 5 nitrogen and oxygen atoms in total. The first kappa shape index (κ1) is 12.3.